The maximum absolute atomic E-state index is 13.7. The predicted octanol–water partition coefficient (Wildman–Crippen LogP) is 1.03. The van der Waals surface area contributed by atoms with Gasteiger partial charge in [0.15, 0.2) is 0 Å². The van der Waals surface area contributed by atoms with E-state index in [4.69, 9.17) is 5.73 Å². The molecule has 1 saturated heterocycles. The molecule has 112 valence electrons. The first-order valence-electron chi connectivity index (χ1n) is 6.70. The maximum atomic E-state index is 13.7. The van der Waals surface area contributed by atoms with Gasteiger partial charge >= 0.3 is 0 Å². The van der Waals surface area contributed by atoms with E-state index >= 15 is 0 Å². The van der Waals surface area contributed by atoms with E-state index in [9.17, 15) is 12.8 Å². The van der Waals surface area contributed by atoms with E-state index < -0.39 is 20.7 Å². The van der Waals surface area contributed by atoms with Crippen LogP contribution < -0.4 is 10.5 Å². The molecule has 0 radical (unpaired) electrons. The van der Waals surface area contributed by atoms with E-state index in [0.717, 1.165) is 32.1 Å². The molecule has 1 fully saturated rings. The fourth-order valence-electron chi connectivity index (χ4n) is 2.48. The van der Waals surface area contributed by atoms with Gasteiger partial charge in [0, 0.05) is 13.1 Å². The number of hydrogen-bond donors (Lipinski definition) is 2. The van der Waals surface area contributed by atoms with Crippen LogP contribution in [0.3, 0.4) is 0 Å². The molecule has 5 nitrogen and oxygen atoms in total. The van der Waals surface area contributed by atoms with Gasteiger partial charge in [-0.15, -0.1) is 0 Å². The van der Waals surface area contributed by atoms with Crippen molar-refractivity contribution in [3.63, 3.8) is 0 Å². The molecule has 1 atom stereocenters. The monoisotopic (exact) mass is 301 g/mol. The number of nitrogen functional groups attached to an aromatic ring is 1. The lowest BCUT2D eigenvalue weighted by Crippen LogP contribution is -2.32. The third kappa shape index (κ3) is 3.28. The number of halogens is 1. The third-order valence-corrected chi connectivity index (χ3v) is 5.16. The lowest BCUT2D eigenvalue weighted by molar-refractivity contribution is 0.342. The fraction of sp³-hybridized carbons (Fsp3) is 0.538. The second-order valence-corrected chi connectivity index (χ2v) is 6.76. The molecule has 1 unspecified atom stereocenters. The van der Waals surface area contributed by atoms with Gasteiger partial charge in [0.2, 0.25) is 10.0 Å². The van der Waals surface area contributed by atoms with Crippen molar-refractivity contribution in [1.29, 1.82) is 0 Å². The van der Waals surface area contributed by atoms with Crippen LogP contribution >= 0.6 is 0 Å². The number of likely N-dealkylation sites (tertiary alicyclic amines) is 1. The van der Waals surface area contributed by atoms with Gasteiger partial charge in [-0.2, -0.15) is 0 Å². The van der Waals surface area contributed by atoms with Gasteiger partial charge in [-0.25, -0.2) is 17.5 Å². The highest BCUT2D eigenvalue weighted by molar-refractivity contribution is 7.89. The highest BCUT2D eigenvalue weighted by atomic mass is 32.2. The topological polar surface area (TPSA) is 75.4 Å². The SMILES string of the molecule is CCN1CCC(CNS(=O)(=O)c2c(N)cccc2F)C1. The van der Waals surface area contributed by atoms with Crippen molar-refractivity contribution in [2.45, 2.75) is 18.2 Å². The number of rotatable bonds is 5. The van der Waals surface area contributed by atoms with Gasteiger partial charge in [-0.05, 0) is 37.6 Å². The van der Waals surface area contributed by atoms with Gasteiger partial charge in [-0.3, -0.25) is 0 Å². The van der Waals surface area contributed by atoms with Crippen LogP contribution in [0.5, 0.6) is 0 Å². The second-order valence-electron chi connectivity index (χ2n) is 5.06. The summed E-state index contributed by atoms with van der Waals surface area (Å²) in [6.07, 6.45) is 0.948. The van der Waals surface area contributed by atoms with Crippen molar-refractivity contribution in [2.24, 2.45) is 5.92 Å². The zero-order chi connectivity index (χ0) is 14.8. The van der Waals surface area contributed by atoms with Crippen LogP contribution in [0.1, 0.15) is 13.3 Å². The largest absolute Gasteiger partial charge is 0.398 e. The molecule has 7 heteroatoms. The molecule has 3 N–H and O–H groups in total. The lowest BCUT2D eigenvalue weighted by atomic mass is 10.1. The Labute approximate surface area is 119 Å². The maximum Gasteiger partial charge on any atom is 0.245 e. The summed E-state index contributed by atoms with van der Waals surface area (Å²) >= 11 is 0. The summed E-state index contributed by atoms with van der Waals surface area (Å²) in [6, 6.07) is 3.87. The molecule has 0 aromatic heterocycles. The Morgan fingerprint density at radius 1 is 1.50 bits per heavy atom. The number of benzene rings is 1. The van der Waals surface area contributed by atoms with E-state index in [0.29, 0.717) is 6.54 Å². The second kappa shape index (κ2) is 6.07. The predicted molar refractivity (Wildman–Crippen MR) is 76.2 cm³/mol. The van der Waals surface area contributed by atoms with Crippen LogP contribution in [0.25, 0.3) is 0 Å². The average Bonchev–Trinajstić information content (AvgIpc) is 2.84. The molecule has 20 heavy (non-hydrogen) atoms. The number of nitrogens with zero attached hydrogens (tertiary/aromatic N) is 1. The molecular weight excluding hydrogens is 281 g/mol. The molecule has 1 aromatic rings. The van der Waals surface area contributed by atoms with Gasteiger partial charge in [0.05, 0.1) is 5.69 Å². The minimum absolute atomic E-state index is 0.0703. The smallest absolute Gasteiger partial charge is 0.245 e. The molecule has 1 aliphatic rings. The first-order chi connectivity index (χ1) is 9.44. The Bertz CT molecular complexity index is 557. The van der Waals surface area contributed by atoms with Crippen molar-refractivity contribution < 1.29 is 12.8 Å². The molecule has 0 bridgehead atoms. The number of sulfonamides is 1. The summed E-state index contributed by atoms with van der Waals surface area (Å²) in [7, 11) is -3.90. The highest BCUT2D eigenvalue weighted by Gasteiger charge is 2.26. The van der Waals surface area contributed by atoms with Crippen LogP contribution in [0.2, 0.25) is 0 Å². The summed E-state index contributed by atoms with van der Waals surface area (Å²) in [5, 5.41) is 0. The van der Waals surface area contributed by atoms with E-state index in [1.807, 2.05) is 0 Å². The van der Waals surface area contributed by atoms with Gasteiger partial charge in [0.1, 0.15) is 10.7 Å². The third-order valence-electron chi connectivity index (χ3n) is 3.65. The summed E-state index contributed by atoms with van der Waals surface area (Å²) in [5.74, 6) is -0.558. The van der Waals surface area contributed by atoms with E-state index in [2.05, 4.69) is 16.5 Å². The van der Waals surface area contributed by atoms with Crippen LogP contribution in [0.15, 0.2) is 23.1 Å². The Kier molecular flexibility index (Phi) is 4.62. The molecule has 1 aliphatic heterocycles. The van der Waals surface area contributed by atoms with E-state index in [1.54, 1.807) is 0 Å². The summed E-state index contributed by atoms with van der Waals surface area (Å²) in [5.41, 5.74) is 5.50. The standard InChI is InChI=1S/C13H20FN3O2S/c1-2-17-7-6-10(9-17)8-16-20(18,19)13-11(14)4-3-5-12(13)15/h3-5,10,16H,2,6-9,15H2,1H3. The summed E-state index contributed by atoms with van der Waals surface area (Å²) in [6.45, 7) is 5.19. The van der Waals surface area contributed by atoms with E-state index in [1.165, 1.54) is 12.1 Å². The first kappa shape index (κ1) is 15.2. The van der Waals surface area contributed by atoms with Crippen LogP contribution in [0.4, 0.5) is 10.1 Å². The molecule has 1 heterocycles. The molecule has 1 aromatic carbocycles. The molecule has 2 rings (SSSR count). The van der Waals surface area contributed by atoms with Crippen molar-refractivity contribution >= 4 is 15.7 Å². The van der Waals surface area contributed by atoms with Crippen molar-refractivity contribution in [2.75, 3.05) is 31.9 Å². The Hall–Kier alpha value is -1.18. The Morgan fingerprint density at radius 2 is 2.25 bits per heavy atom. The minimum atomic E-state index is -3.90. The van der Waals surface area contributed by atoms with Crippen molar-refractivity contribution in [3.05, 3.63) is 24.0 Å². The number of anilines is 1. The van der Waals surface area contributed by atoms with Gasteiger partial charge in [0.25, 0.3) is 0 Å². The van der Waals surface area contributed by atoms with Gasteiger partial charge < -0.3 is 10.6 Å². The van der Waals surface area contributed by atoms with Crippen LogP contribution in [0, 0.1) is 11.7 Å². The molecule has 0 aliphatic carbocycles. The van der Waals surface area contributed by atoms with Crippen molar-refractivity contribution in [3.8, 4) is 0 Å². The molecule has 0 saturated carbocycles. The minimum Gasteiger partial charge on any atom is -0.398 e. The van der Waals surface area contributed by atoms with Crippen molar-refractivity contribution in [1.82, 2.24) is 9.62 Å². The van der Waals surface area contributed by atoms with Crippen LogP contribution in [-0.4, -0.2) is 39.5 Å². The van der Waals surface area contributed by atoms with Gasteiger partial charge in [-0.1, -0.05) is 13.0 Å². The highest BCUT2D eigenvalue weighted by Crippen LogP contribution is 2.22. The average molecular weight is 301 g/mol. The van der Waals surface area contributed by atoms with E-state index in [-0.39, 0.29) is 11.6 Å². The first-order valence-corrected chi connectivity index (χ1v) is 8.18. The summed E-state index contributed by atoms with van der Waals surface area (Å²) < 4.78 is 40.4. The number of nitrogens with one attached hydrogen (secondary N) is 1. The lowest BCUT2D eigenvalue weighted by Gasteiger charge is -2.14. The molecule has 0 amide bonds. The normalized spacial score (nSPS) is 20.4. The Balaban J connectivity index is 2.05. The zero-order valence-electron chi connectivity index (χ0n) is 11.5. The zero-order valence-corrected chi connectivity index (χ0v) is 12.3. The Morgan fingerprint density at radius 3 is 2.85 bits per heavy atom. The van der Waals surface area contributed by atoms with Crippen LogP contribution in [-0.2, 0) is 10.0 Å². The number of nitrogens with two attached hydrogens (primary N) is 1. The molecule has 0 spiro atoms. The molecular formula is C13H20FN3O2S. The quantitative estimate of drug-likeness (QED) is 0.797. The number of hydrogen-bond acceptors (Lipinski definition) is 4. The summed E-state index contributed by atoms with van der Waals surface area (Å²) in [4.78, 5) is 1.81. The fourth-order valence-corrected chi connectivity index (χ4v) is 3.78.